The number of hydrazine groups is 1. The molecule has 1 aromatic heterocycles. The summed E-state index contributed by atoms with van der Waals surface area (Å²) in [6, 6.07) is 3.16. The Morgan fingerprint density at radius 1 is 1.47 bits per heavy atom. The van der Waals surface area contributed by atoms with E-state index >= 15 is 0 Å². The zero-order valence-electron chi connectivity index (χ0n) is 9.02. The predicted octanol–water partition coefficient (Wildman–Crippen LogP) is 1.09. The number of morpholine rings is 1. The van der Waals surface area contributed by atoms with E-state index in [1.54, 1.807) is 6.07 Å². The van der Waals surface area contributed by atoms with E-state index in [1.165, 1.54) is 6.07 Å². The highest BCUT2D eigenvalue weighted by Gasteiger charge is 2.14. The fourth-order valence-corrected chi connectivity index (χ4v) is 1.68. The second-order valence-corrected chi connectivity index (χ2v) is 3.95. The second kappa shape index (κ2) is 5.31. The number of rotatable bonds is 3. The van der Waals surface area contributed by atoms with Crippen LogP contribution in [0.2, 0.25) is 5.02 Å². The van der Waals surface area contributed by atoms with Gasteiger partial charge in [0.05, 0.1) is 18.2 Å². The predicted molar refractivity (Wildman–Crippen MR) is 62.2 cm³/mol. The Morgan fingerprint density at radius 3 is 2.82 bits per heavy atom. The molecule has 0 atom stereocenters. The van der Waals surface area contributed by atoms with Gasteiger partial charge in [-0.1, -0.05) is 11.6 Å². The minimum Gasteiger partial charge on any atom is -0.476 e. The number of carboxylic acids is 1. The van der Waals surface area contributed by atoms with Crippen LogP contribution in [0.1, 0.15) is 10.5 Å². The van der Waals surface area contributed by atoms with Crippen molar-refractivity contribution in [3.8, 4) is 0 Å². The standard InChI is InChI=1S/C10H12ClN3O3/c11-7-1-2-8(12-9(7)10(15)16)13-14-3-5-17-6-4-14/h1-2H,3-6H2,(H,12,13)(H,15,16). The van der Waals surface area contributed by atoms with E-state index in [0.717, 1.165) is 13.1 Å². The number of nitrogens with zero attached hydrogens (tertiary/aromatic N) is 2. The van der Waals surface area contributed by atoms with Gasteiger partial charge in [0, 0.05) is 13.1 Å². The molecule has 2 N–H and O–H groups in total. The molecule has 0 unspecified atom stereocenters. The lowest BCUT2D eigenvalue weighted by Crippen LogP contribution is -2.40. The highest BCUT2D eigenvalue weighted by atomic mass is 35.5. The molecule has 0 aromatic carbocycles. The summed E-state index contributed by atoms with van der Waals surface area (Å²) < 4.78 is 5.20. The third kappa shape index (κ3) is 3.06. The van der Waals surface area contributed by atoms with Crippen molar-refractivity contribution in [3.63, 3.8) is 0 Å². The number of hydrogen-bond donors (Lipinski definition) is 2. The Morgan fingerprint density at radius 2 is 2.18 bits per heavy atom. The highest BCUT2D eigenvalue weighted by molar-refractivity contribution is 6.33. The van der Waals surface area contributed by atoms with E-state index in [4.69, 9.17) is 21.4 Å². The molecule has 6 nitrogen and oxygen atoms in total. The van der Waals surface area contributed by atoms with E-state index in [1.807, 2.05) is 5.01 Å². The Labute approximate surface area is 103 Å². The van der Waals surface area contributed by atoms with Crippen molar-refractivity contribution >= 4 is 23.4 Å². The molecule has 92 valence electrons. The van der Waals surface area contributed by atoms with E-state index in [2.05, 4.69) is 10.4 Å². The van der Waals surface area contributed by atoms with Crippen molar-refractivity contribution in [1.82, 2.24) is 9.99 Å². The number of carbonyl (C=O) groups is 1. The van der Waals surface area contributed by atoms with Gasteiger partial charge in [0.25, 0.3) is 0 Å². The van der Waals surface area contributed by atoms with Gasteiger partial charge in [-0.25, -0.2) is 14.8 Å². The SMILES string of the molecule is O=C(O)c1nc(NN2CCOCC2)ccc1Cl. The van der Waals surface area contributed by atoms with Crippen LogP contribution < -0.4 is 5.43 Å². The number of anilines is 1. The van der Waals surface area contributed by atoms with Gasteiger partial charge in [-0.3, -0.25) is 0 Å². The Kier molecular flexibility index (Phi) is 3.78. The number of aromatic nitrogens is 1. The lowest BCUT2D eigenvalue weighted by atomic mass is 10.3. The summed E-state index contributed by atoms with van der Waals surface area (Å²) in [7, 11) is 0. The molecule has 0 aliphatic carbocycles. The summed E-state index contributed by atoms with van der Waals surface area (Å²) >= 11 is 5.73. The van der Waals surface area contributed by atoms with Gasteiger partial charge in [0.15, 0.2) is 5.69 Å². The molecule has 2 rings (SSSR count). The van der Waals surface area contributed by atoms with Gasteiger partial charge in [-0.05, 0) is 12.1 Å². The van der Waals surface area contributed by atoms with E-state index in [-0.39, 0.29) is 10.7 Å². The van der Waals surface area contributed by atoms with Crippen molar-refractivity contribution < 1.29 is 14.6 Å². The number of carboxylic acid groups (broad SMARTS) is 1. The topological polar surface area (TPSA) is 74.7 Å². The molecule has 1 aromatic rings. The number of nitrogens with one attached hydrogen (secondary N) is 1. The fraction of sp³-hybridized carbons (Fsp3) is 0.400. The Hall–Kier alpha value is -1.37. The molecule has 1 aliphatic rings. The van der Waals surface area contributed by atoms with Crippen molar-refractivity contribution in [2.45, 2.75) is 0 Å². The second-order valence-electron chi connectivity index (χ2n) is 3.54. The molecule has 0 bridgehead atoms. The van der Waals surface area contributed by atoms with Crippen molar-refractivity contribution in [2.75, 3.05) is 31.7 Å². The first-order valence-electron chi connectivity index (χ1n) is 5.16. The van der Waals surface area contributed by atoms with E-state index in [0.29, 0.717) is 19.0 Å². The lowest BCUT2D eigenvalue weighted by Gasteiger charge is -2.27. The number of pyridine rings is 1. The molecular weight excluding hydrogens is 246 g/mol. The van der Waals surface area contributed by atoms with Crippen LogP contribution in [-0.4, -0.2) is 47.4 Å². The van der Waals surface area contributed by atoms with Crippen LogP contribution in [0.4, 0.5) is 5.82 Å². The van der Waals surface area contributed by atoms with Gasteiger partial charge in [0.2, 0.25) is 0 Å². The number of ether oxygens (including phenoxy) is 1. The zero-order valence-corrected chi connectivity index (χ0v) is 9.78. The molecule has 7 heteroatoms. The van der Waals surface area contributed by atoms with Gasteiger partial charge < -0.3 is 15.3 Å². The van der Waals surface area contributed by atoms with Crippen LogP contribution in [0.5, 0.6) is 0 Å². The first kappa shape index (κ1) is 12.1. The van der Waals surface area contributed by atoms with Crippen molar-refractivity contribution in [2.24, 2.45) is 0 Å². The molecule has 0 radical (unpaired) electrons. The van der Waals surface area contributed by atoms with Gasteiger partial charge in [0.1, 0.15) is 5.82 Å². The summed E-state index contributed by atoms with van der Waals surface area (Å²) in [6.07, 6.45) is 0. The summed E-state index contributed by atoms with van der Waals surface area (Å²) in [5.74, 6) is -0.672. The average Bonchev–Trinajstić information content (AvgIpc) is 2.32. The quantitative estimate of drug-likeness (QED) is 0.844. The maximum atomic E-state index is 10.9. The number of hydrogen-bond acceptors (Lipinski definition) is 5. The molecule has 0 saturated carbocycles. The van der Waals surface area contributed by atoms with E-state index < -0.39 is 5.97 Å². The maximum absolute atomic E-state index is 10.9. The third-order valence-electron chi connectivity index (χ3n) is 2.33. The molecule has 1 saturated heterocycles. The molecule has 0 spiro atoms. The minimum atomic E-state index is -1.14. The first-order valence-corrected chi connectivity index (χ1v) is 5.54. The van der Waals surface area contributed by atoms with E-state index in [9.17, 15) is 4.79 Å². The smallest absolute Gasteiger partial charge is 0.356 e. The van der Waals surface area contributed by atoms with Gasteiger partial charge in [-0.15, -0.1) is 0 Å². The molecule has 17 heavy (non-hydrogen) atoms. The summed E-state index contributed by atoms with van der Waals surface area (Å²) in [5, 5.41) is 10.9. The number of aromatic carboxylic acids is 1. The fourth-order valence-electron chi connectivity index (χ4n) is 1.49. The zero-order chi connectivity index (χ0) is 12.3. The van der Waals surface area contributed by atoms with Gasteiger partial charge >= 0.3 is 5.97 Å². The minimum absolute atomic E-state index is 0.130. The van der Waals surface area contributed by atoms with Crippen molar-refractivity contribution in [3.05, 3.63) is 22.8 Å². The van der Waals surface area contributed by atoms with Crippen LogP contribution in [0.15, 0.2) is 12.1 Å². The molecule has 1 aliphatic heterocycles. The Bertz CT molecular complexity index is 421. The normalized spacial score (nSPS) is 16.8. The number of halogens is 1. The van der Waals surface area contributed by atoms with Crippen LogP contribution in [0, 0.1) is 0 Å². The lowest BCUT2D eigenvalue weighted by molar-refractivity contribution is 0.0494. The third-order valence-corrected chi connectivity index (χ3v) is 2.64. The largest absolute Gasteiger partial charge is 0.476 e. The highest BCUT2D eigenvalue weighted by Crippen LogP contribution is 2.17. The summed E-state index contributed by atoms with van der Waals surface area (Å²) in [6.45, 7) is 2.75. The van der Waals surface area contributed by atoms with Crippen LogP contribution >= 0.6 is 11.6 Å². The average molecular weight is 258 g/mol. The summed E-state index contributed by atoms with van der Waals surface area (Å²) in [4.78, 5) is 14.8. The molecular formula is C10H12ClN3O3. The van der Waals surface area contributed by atoms with Crippen molar-refractivity contribution in [1.29, 1.82) is 0 Å². The molecule has 1 fully saturated rings. The molecule has 0 amide bonds. The maximum Gasteiger partial charge on any atom is 0.356 e. The summed E-state index contributed by atoms with van der Waals surface area (Å²) in [5.41, 5.74) is 2.88. The van der Waals surface area contributed by atoms with Crippen LogP contribution in [0.3, 0.4) is 0 Å². The molecule has 2 heterocycles. The monoisotopic (exact) mass is 257 g/mol. The first-order chi connectivity index (χ1) is 8.16. The van der Waals surface area contributed by atoms with Gasteiger partial charge in [-0.2, -0.15) is 0 Å². The van der Waals surface area contributed by atoms with Crippen LogP contribution in [-0.2, 0) is 4.74 Å². The van der Waals surface area contributed by atoms with Crippen LogP contribution in [0.25, 0.3) is 0 Å². The Balaban J connectivity index is 2.10.